The van der Waals surface area contributed by atoms with Gasteiger partial charge in [-0.25, -0.2) is 0 Å². The molecule has 0 aliphatic heterocycles. The summed E-state index contributed by atoms with van der Waals surface area (Å²) >= 11 is 0.778. The molecule has 0 saturated carbocycles. The molecule has 0 radical (unpaired) electrons. The van der Waals surface area contributed by atoms with Crippen LogP contribution in [0, 0.1) is 0 Å². The van der Waals surface area contributed by atoms with Gasteiger partial charge in [0, 0.05) is 13.0 Å². The van der Waals surface area contributed by atoms with Gasteiger partial charge in [0.15, 0.2) is 0 Å². The fourth-order valence-electron chi connectivity index (χ4n) is 0. The monoisotopic (exact) mass is 122 g/mol. The molecule has 34 valence electrons. The first-order valence-corrected chi connectivity index (χ1v) is 1.43. The van der Waals surface area contributed by atoms with Gasteiger partial charge < -0.3 is 0 Å². The van der Waals surface area contributed by atoms with Crippen molar-refractivity contribution in [1.29, 1.82) is 0 Å². The van der Waals surface area contributed by atoms with E-state index in [1.165, 1.54) is 0 Å². The summed E-state index contributed by atoms with van der Waals surface area (Å²) in [7, 11) is 0. The average molecular weight is 122 g/mol. The molecule has 0 aromatic heterocycles. The molecule has 5 heteroatoms. The van der Waals surface area contributed by atoms with Crippen LogP contribution in [0.25, 0.3) is 0 Å². The molecule has 0 aliphatic carbocycles. The number of thiol groups is 1. The second-order valence-electron chi connectivity index (χ2n) is 0.0583. The van der Waals surface area contributed by atoms with Crippen LogP contribution in [0.15, 0.2) is 0 Å². The molecule has 0 heterocycles. The summed E-state index contributed by atoms with van der Waals surface area (Å²) in [6, 6.07) is 0. The zero-order valence-corrected chi connectivity index (χ0v) is 3.70. The fourth-order valence-corrected chi connectivity index (χ4v) is 0. The predicted molar refractivity (Wildman–Crippen MR) is 19.9 cm³/mol. The quantitative estimate of drug-likeness (QED) is 0.481. The van der Waals surface area contributed by atoms with Crippen LogP contribution in [0.2, 0.25) is 0 Å². The Morgan fingerprint density at radius 3 is 1.20 bits per heavy atom. The van der Waals surface area contributed by atoms with E-state index in [1.54, 1.807) is 0 Å². The molecule has 0 unspecified atom stereocenters. The van der Waals surface area contributed by atoms with Crippen LogP contribution in [0.4, 0.5) is 11.7 Å². The molecule has 0 bridgehead atoms. The van der Waals surface area contributed by atoms with Crippen molar-refractivity contribution in [2.24, 2.45) is 0 Å². The standard InChI is InChI=1S/F2S.FHS/c1-3-2;1-2/h;2H. The lowest BCUT2D eigenvalue weighted by molar-refractivity contribution is 0.814. The Morgan fingerprint density at radius 1 is 1.20 bits per heavy atom. The highest BCUT2D eigenvalue weighted by Crippen LogP contribution is 1.95. The topological polar surface area (TPSA) is 0 Å². The molecule has 0 rings (SSSR count). The van der Waals surface area contributed by atoms with Crippen LogP contribution in [0.3, 0.4) is 0 Å². The molecule has 0 amide bonds. The third-order valence-electron chi connectivity index (χ3n) is 0. The first-order valence-electron chi connectivity index (χ1n) is 0.478. The molecule has 0 atom stereocenters. The highest BCUT2D eigenvalue weighted by molar-refractivity contribution is 7.89. The van der Waals surface area contributed by atoms with Gasteiger partial charge in [0.1, 0.15) is 0 Å². The van der Waals surface area contributed by atoms with E-state index in [-0.39, 0.29) is 0 Å². The van der Waals surface area contributed by atoms with Gasteiger partial charge in [-0.05, 0) is 0 Å². The Bertz CT molecular complexity index is 4.85. The molecule has 0 aromatic carbocycles. The molecule has 5 heavy (non-hydrogen) atoms. The lowest BCUT2D eigenvalue weighted by Gasteiger charge is -1.36. The highest BCUT2D eigenvalue weighted by atomic mass is 32.2. The maximum atomic E-state index is 9.54. The summed E-state index contributed by atoms with van der Waals surface area (Å²) in [4.78, 5) is 0. The molecular formula is HF3S2. The smallest absolute Gasteiger partial charge is 0.169 e. The van der Waals surface area contributed by atoms with Crippen LogP contribution in [-0.4, -0.2) is 0 Å². The van der Waals surface area contributed by atoms with E-state index in [2.05, 4.69) is 0 Å². The van der Waals surface area contributed by atoms with E-state index in [9.17, 15) is 11.7 Å². The summed E-state index contributed by atoms with van der Waals surface area (Å²) in [5.41, 5.74) is 0. The van der Waals surface area contributed by atoms with E-state index < -0.39 is 12.5 Å². The maximum Gasteiger partial charge on any atom is 0.255 e. The molecule has 0 saturated heterocycles. The third-order valence-corrected chi connectivity index (χ3v) is 0. The van der Waals surface area contributed by atoms with Crippen LogP contribution >= 0.6 is 25.5 Å². The maximum absolute atomic E-state index is 9.54. The molecule has 0 spiro atoms. The van der Waals surface area contributed by atoms with Crippen LogP contribution in [0.5, 0.6) is 0 Å². The Hall–Kier alpha value is 0.490. The van der Waals surface area contributed by atoms with E-state index in [4.69, 9.17) is 0 Å². The van der Waals surface area contributed by atoms with Gasteiger partial charge in [-0.2, -0.15) is 3.89 Å². The van der Waals surface area contributed by atoms with Crippen LogP contribution < -0.4 is 0 Å². The van der Waals surface area contributed by atoms with Crippen molar-refractivity contribution >= 4 is 25.5 Å². The summed E-state index contributed by atoms with van der Waals surface area (Å²) < 4.78 is 28.3. The third kappa shape index (κ3) is 116. The minimum atomic E-state index is -1.25. The summed E-state index contributed by atoms with van der Waals surface area (Å²) in [5.74, 6) is 0. The SMILES string of the molecule is FS.FSF. The highest BCUT2D eigenvalue weighted by Gasteiger charge is 1.49. The van der Waals surface area contributed by atoms with E-state index in [1.807, 2.05) is 13.0 Å². The Labute approximate surface area is 38.0 Å². The molecule has 0 nitrogen and oxygen atoms in total. The average Bonchev–Trinajstić information content (AvgIpc) is 1.46. The summed E-state index contributed by atoms with van der Waals surface area (Å²) in [6.07, 6.45) is 0. The Balaban J connectivity index is 0. The Morgan fingerprint density at radius 2 is 1.20 bits per heavy atom. The van der Waals surface area contributed by atoms with Crippen molar-refractivity contribution in [3.05, 3.63) is 0 Å². The zero-order chi connectivity index (χ0) is 4.71. The number of hydrogen-bond donors (Lipinski definition) is 1. The van der Waals surface area contributed by atoms with Gasteiger partial charge in [-0.3, -0.25) is 0 Å². The van der Waals surface area contributed by atoms with E-state index in [0.29, 0.717) is 0 Å². The molecule has 0 aliphatic rings. The minimum absolute atomic E-state index is 1.25. The van der Waals surface area contributed by atoms with Gasteiger partial charge in [0.05, 0.1) is 0 Å². The van der Waals surface area contributed by atoms with Crippen molar-refractivity contribution in [3.8, 4) is 0 Å². The summed E-state index contributed by atoms with van der Waals surface area (Å²) in [5, 5.41) is 0. The van der Waals surface area contributed by atoms with Gasteiger partial charge in [0.2, 0.25) is 0 Å². The number of halogens is 3. The number of hydrogen-bond acceptors (Lipinski definition) is 2. The second-order valence-corrected chi connectivity index (χ2v) is 0.175. The Kier molecular flexibility index (Phi) is 44.8. The second kappa shape index (κ2) is 24.6. The van der Waals surface area contributed by atoms with Crippen molar-refractivity contribution in [2.75, 3.05) is 0 Å². The van der Waals surface area contributed by atoms with E-state index in [0.717, 1.165) is 0 Å². The lowest BCUT2D eigenvalue weighted by atomic mass is 18.8. The molecule has 0 fully saturated rings. The summed E-state index contributed by atoms with van der Waals surface area (Å²) in [6.45, 7) is 0. The normalized spacial score (nSPS) is 4.80. The first-order chi connectivity index (χ1) is 2.41. The fraction of sp³-hybridized carbons (Fsp3) is 0. The van der Waals surface area contributed by atoms with Crippen LogP contribution in [0.1, 0.15) is 0 Å². The first kappa shape index (κ1) is 9.09. The van der Waals surface area contributed by atoms with Gasteiger partial charge in [0.25, 0.3) is 12.5 Å². The van der Waals surface area contributed by atoms with Gasteiger partial charge >= 0.3 is 0 Å². The van der Waals surface area contributed by atoms with Crippen molar-refractivity contribution in [2.45, 2.75) is 0 Å². The molecule has 0 N–H and O–H groups in total. The lowest BCUT2D eigenvalue weighted by Crippen LogP contribution is -0.884. The largest absolute Gasteiger partial charge is 0.255 e. The predicted octanol–water partition coefficient (Wildman–Crippen LogP) is 2.29. The van der Waals surface area contributed by atoms with Crippen molar-refractivity contribution in [3.63, 3.8) is 0 Å². The molecule has 0 aromatic rings. The van der Waals surface area contributed by atoms with Crippen molar-refractivity contribution in [1.82, 2.24) is 0 Å². The van der Waals surface area contributed by atoms with Gasteiger partial charge in [-0.15, -0.1) is 7.77 Å². The van der Waals surface area contributed by atoms with Gasteiger partial charge in [-0.1, -0.05) is 0 Å². The van der Waals surface area contributed by atoms with Crippen molar-refractivity contribution < 1.29 is 11.7 Å². The minimum Gasteiger partial charge on any atom is -0.169 e. The molecular weight excluding hydrogens is 121 g/mol. The van der Waals surface area contributed by atoms with E-state index >= 15 is 0 Å². The van der Waals surface area contributed by atoms with Crippen LogP contribution in [-0.2, 0) is 0 Å². The number of rotatable bonds is 0. The zero-order valence-electron chi connectivity index (χ0n) is 1.99.